The molecule has 1 saturated carbocycles. The van der Waals surface area contributed by atoms with Crippen LogP contribution in [0.15, 0.2) is 12.1 Å². The van der Waals surface area contributed by atoms with Crippen molar-refractivity contribution in [3.63, 3.8) is 0 Å². The first-order valence-electron chi connectivity index (χ1n) is 6.44. The second kappa shape index (κ2) is 6.06. The molecule has 4 heteroatoms. The highest BCUT2D eigenvalue weighted by Crippen LogP contribution is 2.32. The predicted octanol–water partition coefficient (Wildman–Crippen LogP) is 4.16. The van der Waals surface area contributed by atoms with Crippen molar-refractivity contribution in [3.8, 4) is 6.07 Å². The van der Waals surface area contributed by atoms with E-state index in [-0.39, 0.29) is 5.92 Å². The molecule has 1 aliphatic rings. The molecule has 0 radical (unpaired) electrons. The minimum atomic E-state index is 0.182. The van der Waals surface area contributed by atoms with E-state index in [1.165, 1.54) is 11.3 Å². The van der Waals surface area contributed by atoms with Crippen molar-refractivity contribution >= 4 is 22.9 Å². The molecule has 3 unspecified atom stereocenters. The summed E-state index contributed by atoms with van der Waals surface area (Å²) < 4.78 is 0.840. The average molecular weight is 283 g/mol. The molecule has 0 bridgehead atoms. The van der Waals surface area contributed by atoms with Gasteiger partial charge < -0.3 is 0 Å². The van der Waals surface area contributed by atoms with E-state index in [0.29, 0.717) is 6.04 Å². The monoisotopic (exact) mass is 282 g/mol. The van der Waals surface area contributed by atoms with Crippen LogP contribution >= 0.6 is 22.9 Å². The van der Waals surface area contributed by atoms with E-state index >= 15 is 0 Å². The molecule has 0 aliphatic heterocycles. The van der Waals surface area contributed by atoms with Crippen molar-refractivity contribution in [2.75, 3.05) is 7.05 Å². The lowest BCUT2D eigenvalue weighted by molar-refractivity contribution is 0.126. The molecule has 1 aromatic rings. The summed E-state index contributed by atoms with van der Waals surface area (Å²) in [6.45, 7) is 3.18. The predicted molar refractivity (Wildman–Crippen MR) is 76.7 cm³/mol. The van der Waals surface area contributed by atoms with Crippen LogP contribution in [0, 0.1) is 23.2 Å². The van der Waals surface area contributed by atoms with Crippen molar-refractivity contribution in [1.29, 1.82) is 5.26 Å². The van der Waals surface area contributed by atoms with Gasteiger partial charge in [0.2, 0.25) is 0 Å². The van der Waals surface area contributed by atoms with Crippen LogP contribution in [0.5, 0.6) is 0 Å². The highest BCUT2D eigenvalue weighted by molar-refractivity contribution is 7.16. The zero-order chi connectivity index (χ0) is 13.1. The van der Waals surface area contributed by atoms with Crippen LogP contribution < -0.4 is 0 Å². The number of rotatable bonds is 3. The Kier molecular flexibility index (Phi) is 4.66. The van der Waals surface area contributed by atoms with E-state index in [9.17, 15) is 5.26 Å². The van der Waals surface area contributed by atoms with Gasteiger partial charge in [0.05, 0.1) is 16.3 Å². The maximum absolute atomic E-state index is 9.27. The van der Waals surface area contributed by atoms with Crippen LogP contribution in [-0.4, -0.2) is 18.0 Å². The highest BCUT2D eigenvalue weighted by Gasteiger charge is 2.31. The van der Waals surface area contributed by atoms with E-state index < -0.39 is 0 Å². The normalized spacial score (nSPS) is 28.3. The first kappa shape index (κ1) is 13.9. The third kappa shape index (κ3) is 3.26. The molecule has 1 aromatic heterocycles. The lowest BCUT2D eigenvalue weighted by atomic mass is 9.79. The number of hydrogen-bond donors (Lipinski definition) is 0. The van der Waals surface area contributed by atoms with Gasteiger partial charge in [-0.05, 0) is 44.4 Å². The van der Waals surface area contributed by atoms with Crippen molar-refractivity contribution in [1.82, 2.24) is 4.90 Å². The zero-order valence-electron chi connectivity index (χ0n) is 10.9. The smallest absolute Gasteiger partial charge is 0.0931 e. The molecule has 1 fully saturated rings. The van der Waals surface area contributed by atoms with Crippen LogP contribution in [0.2, 0.25) is 4.34 Å². The number of nitriles is 1. The Morgan fingerprint density at radius 1 is 1.50 bits per heavy atom. The second-order valence-corrected chi connectivity index (χ2v) is 7.14. The van der Waals surface area contributed by atoms with Crippen LogP contribution in [0.4, 0.5) is 0 Å². The Morgan fingerprint density at radius 2 is 2.28 bits per heavy atom. The van der Waals surface area contributed by atoms with Crippen molar-refractivity contribution in [2.45, 2.75) is 38.8 Å². The fraction of sp³-hybridized carbons (Fsp3) is 0.643. The molecule has 0 saturated heterocycles. The van der Waals surface area contributed by atoms with E-state index in [2.05, 4.69) is 31.0 Å². The summed E-state index contributed by atoms with van der Waals surface area (Å²) >= 11 is 7.59. The quantitative estimate of drug-likeness (QED) is 0.832. The van der Waals surface area contributed by atoms with Gasteiger partial charge in [0, 0.05) is 17.5 Å². The molecular weight excluding hydrogens is 264 g/mol. The van der Waals surface area contributed by atoms with Crippen molar-refractivity contribution < 1.29 is 0 Å². The van der Waals surface area contributed by atoms with Crippen molar-refractivity contribution in [2.24, 2.45) is 11.8 Å². The summed E-state index contributed by atoms with van der Waals surface area (Å²) in [5.41, 5.74) is 0. The van der Waals surface area contributed by atoms with Crippen molar-refractivity contribution in [3.05, 3.63) is 21.3 Å². The number of hydrogen-bond acceptors (Lipinski definition) is 3. The fourth-order valence-electron chi connectivity index (χ4n) is 2.79. The lowest BCUT2D eigenvalue weighted by Crippen LogP contribution is -2.41. The maximum atomic E-state index is 9.27. The van der Waals surface area contributed by atoms with E-state index in [0.717, 1.165) is 29.6 Å². The van der Waals surface area contributed by atoms with Gasteiger partial charge in [0.1, 0.15) is 0 Å². The molecule has 3 atom stereocenters. The Hall–Kier alpha value is -0.560. The molecule has 2 rings (SSSR count). The molecule has 0 N–H and O–H groups in total. The van der Waals surface area contributed by atoms with Gasteiger partial charge in [-0.15, -0.1) is 11.3 Å². The highest BCUT2D eigenvalue weighted by atomic mass is 35.5. The topological polar surface area (TPSA) is 27.0 Å². The average Bonchev–Trinajstić information content (AvgIpc) is 2.74. The molecule has 0 spiro atoms. The zero-order valence-corrected chi connectivity index (χ0v) is 12.5. The minimum Gasteiger partial charge on any atom is -0.297 e. The molecule has 0 aromatic carbocycles. The van der Waals surface area contributed by atoms with Gasteiger partial charge >= 0.3 is 0 Å². The summed E-state index contributed by atoms with van der Waals surface area (Å²) in [6, 6.07) is 6.90. The third-order valence-electron chi connectivity index (χ3n) is 3.84. The van der Waals surface area contributed by atoms with Crippen LogP contribution in [-0.2, 0) is 6.54 Å². The Morgan fingerprint density at radius 3 is 2.89 bits per heavy atom. The van der Waals surface area contributed by atoms with Gasteiger partial charge in [-0.3, -0.25) is 4.90 Å². The summed E-state index contributed by atoms with van der Waals surface area (Å²) in [5, 5.41) is 9.27. The first-order valence-corrected chi connectivity index (χ1v) is 7.63. The summed E-state index contributed by atoms with van der Waals surface area (Å²) in [4.78, 5) is 3.60. The van der Waals surface area contributed by atoms with Gasteiger partial charge in [-0.25, -0.2) is 0 Å². The van der Waals surface area contributed by atoms with Crippen LogP contribution in [0.3, 0.4) is 0 Å². The molecule has 2 nitrogen and oxygen atoms in total. The molecule has 1 aliphatic carbocycles. The fourth-order valence-corrected chi connectivity index (χ4v) is 3.94. The van der Waals surface area contributed by atoms with E-state index in [1.54, 1.807) is 11.3 Å². The number of halogens is 1. The third-order valence-corrected chi connectivity index (χ3v) is 5.06. The second-order valence-electron chi connectivity index (χ2n) is 5.34. The first-order chi connectivity index (χ1) is 8.60. The summed E-state index contributed by atoms with van der Waals surface area (Å²) in [6.07, 6.45) is 3.36. The Balaban J connectivity index is 2.02. The van der Waals surface area contributed by atoms with Crippen LogP contribution in [0.1, 0.15) is 31.1 Å². The Bertz CT molecular complexity index is 437. The van der Waals surface area contributed by atoms with Gasteiger partial charge in [0.15, 0.2) is 0 Å². The van der Waals surface area contributed by atoms with Gasteiger partial charge in [-0.2, -0.15) is 5.26 Å². The summed E-state index contributed by atoms with van der Waals surface area (Å²) in [5.74, 6) is 0.913. The van der Waals surface area contributed by atoms with Gasteiger partial charge in [-0.1, -0.05) is 18.5 Å². The minimum absolute atomic E-state index is 0.182. The maximum Gasteiger partial charge on any atom is 0.0931 e. The lowest BCUT2D eigenvalue weighted by Gasteiger charge is -2.37. The van der Waals surface area contributed by atoms with E-state index in [4.69, 9.17) is 11.6 Å². The standard InChI is InChI=1S/C14H19ClN2S/c1-10-3-4-11(8-16)13(7-10)17(2)9-12-5-6-14(15)18-12/h5-6,10-11,13H,3-4,7,9H2,1-2H3. The van der Waals surface area contributed by atoms with E-state index in [1.807, 2.05) is 6.07 Å². The molecule has 1 heterocycles. The molecular formula is C14H19ClN2S. The number of nitrogens with zero attached hydrogens (tertiary/aromatic N) is 2. The number of thiophene rings is 1. The van der Waals surface area contributed by atoms with Crippen LogP contribution in [0.25, 0.3) is 0 Å². The molecule has 0 amide bonds. The molecule has 18 heavy (non-hydrogen) atoms. The molecule has 98 valence electrons. The SMILES string of the molecule is CC1CCC(C#N)C(N(C)Cc2ccc(Cl)s2)C1. The summed E-state index contributed by atoms with van der Waals surface area (Å²) in [7, 11) is 2.13. The Labute approximate surface area is 118 Å². The van der Waals surface area contributed by atoms with Gasteiger partial charge in [0.25, 0.3) is 0 Å². The largest absolute Gasteiger partial charge is 0.297 e.